The Morgan fingerprint density at radius 1 is 0.793 bits per heavy atom. The fraction of sp³-hybridized carbons (Fsp3) is 0.286. The molecule has 0 atom stereocenters. The normalized spacial score (nSPS) is 10.5. The van der Waals surface area contributed by atoms with Gasteiger partial charge in [-0.2, -0.15) is 0 Å². The van der Waals surface area contributed by atoms with Crippen molar-refractivity contribution in [2.24, 2.45) is 0 Å². The standard InChI is InChI=1S/C8H8O3.C6H8O7.H3O4P/c9-7-3-1-6(2-4-7)5-8(10)11;7-3(8)1-6(13,5(11)12)2-4(9)10;1-5(2,3)4/h1-4,9H,5H2,(H,10,11);13H,1-2H2,(H,7,8)(H,9,10)(H,11,12);(H3,1,2,3,4). The molecule has 0 radical (unpaired) electrons. The van der Waals surface area contributed by atoms with Crippen molar-refractivity contribution in [2.75, 3.05) is 0 Å². The first-order valence-corrected chi connectivity index (χ1v) is 8.70. The van der Waals surface area contributed by atoms with Gasteiger partial charge in [-0.1, -0.05) is 12.1 Å². The van der Waals surface area contributed by atoms with Crippen molar-refractivity contribution < 1.29 is 69.1 Å². The minimum absolute atomic E-state index is 0.000278. The van der Waals surface area contributed by atoms with Gasteiger partial charge in [-0.3, -0.25) is 14.4 Å². The molecule has 0 aliphatic rings. The average Bonchev–Trinajstić information content (AvgIpc) is 2.46. The third-order valence-corrected chi connectivity index (χ3v) is 2.58. The molecular weight excluding hydrogens is 423 g/mol. The summed E-state index contributed by atoms with van der Waals surface area (Å²) in [7, 11) is -4.64. The van der Waals surface area contributed by atoms with Crippen molar-refractivity contribution in [2.45, 2.75) is 24.9 Å². The van der Waals surface area contributed by atoms with E-state index in [-0.39, 0.29) is 12.2 Å². The van der Waals surface area contributed by atoms with E-state index >= 15 is 0 Å². The molecule has 29 heavy (non-hydrogen) atoms. The lowest BCUT2D eigenvalue weighted by molar-refractivity contribution is -0.170. The Morgan fingerprint density at radius 3 is 1.38 bits per heavy atom. The second kappa shape index (κ2) is 12.4. The molecular formula is C14H19O14P. The van der Waals surface area contributed by atoms with Crippen LogP contribution in [0.1, 0.15) is 18.4 Å². The summed E-state index contributed by atoms with van der Waals surface area (Å²) in [6.45, 7) is 0. The van der Waals surface area contributed by atoms with Gasteiger partial charge >= 0.3 is 31.7 Å². The van der Waals surface area contributed by atoms with Crippen LogP contribution in [0.25, 0.3) is 0 Å². The van der Waals surface area contributed by atoms with Gasteiger partial charge in [-0.25, -0.2) is 9.36 Å². The molecule has 14 nitrogen and oxygen atoms in total. The Labute approximate surface area is 162 Å². The summed E-state index contributed by atoms with van der Waals surface area (Å²) < 4.78 is 8.88. The van der Waals surface area contributed by atoms with Crippen LogP contribution in [-0.4, -0.2) is 74.8 Å². The highest BCUT2D eigenvalue weighted by Gasteiger charge is 2.40. The molecule has 0 unspecified atom stereocenters. The lowest BCUT2D eigenvalue weighted by Gasteiger charge is -2.18. The van der Waals surface area contributed by atoms with Crippen LogP contribution < -0.4 is 0 Å². The van der Waals surface area contributed by atoms with Crippen LogP contribution in [0.4, 0.5) is 0 Å². The molecule has 0 fully saturated rings. The van der Waals surface area contributed by atoms with E-state index in [1.807, 2.05) is 0 Å². The maximum absolute atomic E-state index is 10.3. The van der Waals surface area contributed by atoms with Crippen LogP contribution in [0.3, 0.4) is 0 Å². The number of aromatic hydroxyl groups is 1. The number of carboxylic acid groups (broad SMARTS) is 4. The van der Waals surface area contributed by atoms with E-state index in [1.165, 1.54) is 12.1 Å². The summed E-state index contributed by atoms with van der Waals surface area (Å²) in [6, 6.07) is 6.11. The molecule has 0 heterocycles. The van der Waals surface area contributed by atoms with E-state index in [0.29, 0.717) is 5.56 Å². The highest BCUT2D eigenvalue weighted by molar-refractivity contribution is 7.45. The van der Waals surface area contributed by atoms with E-state index in [9.17, 15) is 19.2 Å². The monoisotopic (exact) mass is 442 g/mol. The summed E-state index contributed by atoms with van der Waals surface area (Å²) in [4.78, 5) is 62.2. The number of rotatable bonds is 7. The third kappa shape index (κ3) is 18.1. The van der Waals surface area contributed by atoms with E-state index in [4.69, 9.17) is 49.9 Å². The van der Waals surface area contributed by atoms with Crippen LogP contribution in [0.15, 0.2) is 24.3 Å². The van der Waals surface area contributed by atoms with Gasteiger partial charge < -0.3 is 45.3 Å². The molecule has 15 heteroatoms. The van der Waals surface area contributed by atoms with Crippen molar-refractivity contribution in [1.29, 1.82) is 0 Å². The molecule has 0 aliphatic heterocycles. The number of carboxylic acids is 4. The first-order valence-electron chi connectivity index (χ1n) is 7.13. The number of hydrogen-bond acceptors (Lipinski definition) is 7. The third-order valence-electron chi connectivity index (χ3n) is 2.58. The molecule has 0 amide bonds. The van der Waals surface area contributed by atoms with E-state index in [0.717, 1.165) is 0 Å². The van der Waals surface area contributed by atoms with Gasteiger partial charge in [-0.15, -0.1) is 0 Å². The van der Waals surface area contributed by atoms with Crippen LogP contribution in [0.2, 0.25) is 0 Å². The second-order valence-electron chi connectivity index (χ2n) is 5.23. The summed E-state index contributed by atoms with van der Waals surface area (Å²) in [5.41, 5.74) is -2.05. The smallest absolute Gasteiger partial charge is 0.466 e. The molecule has 9 N–H and O–H groups in total. The van der Waals surface area contributed by atoms with Gasteiger partial charge in [-0.05, 0) is 17.7 Å². The maximum Gasteiger partial charge on any atom is 0.466 e. The quantitative estimate of drug-likeness (QED) is 0.225. The number of phenolic OH excluding ortho intramolecular Hbond substituents is 1. The number of phenols is 1. The number of carbonyl (C=O) groups is 4. The maximum atomic E-state index is 10.3. The fourth-order valence-electron chi connectivity index (χ4n) is 1.50. The zero-order chi connectivity index (χ0) is 23.4. The van der Waals surface area contributed by atoms with Crippen molar-refractivity contribution in [3.63, 3.8) is 0 Å². The number of aliphatic carboxylic acids is 4. The number of phosphoric acid groups is 1. The summed E-state index contributed by atoms with van der Waals surface area (Å²) in [5, 5.41) is 51.0. The first kappa shape index (κ1) is 28.2. The van der Waals surface area contributed by atoms with E-state index in [1.54, 1.807) is 12.1 Å². The van der Waals surface area contributed by atoms with Crippen LogP contribution in [0.5, 0.6) is 5.75 Å². The van der Waals surface area contributed by atoms with E-state index in [2.05, 4.69) is 0 Å². The lowest BCUT2D eigenvalue weighted by atomic mass is 9.96. The molecule has 0 saturated heterocycles. The van der Waals surface area contributed by atoms with Gasteiger partial charge in [0.15, 0.2) is 5.60 Å². The molecule has 1 aromatic carbocycles. The summed E-state index contributed by atoms with van der Waals surface area (Å²) in [5.74, 6) is -5.73. The van der Waals surface area contributed by atoms with Gasteiger partial charge in [0.1, 0.15) is 5.75 Å². The van der Waals surface area contributed by atoms with Crippen LogP contribution in [-0.2, 0) is 30.2 Å². The Bertz CT molecular complexity index is 726. The van der Waals surface area contributed by atoms with Gasteiger partial charge in [0.2, 0.25) is 0 Å². The van der Waals surface area contributed by atoms with Crippen LogP contribution >= 0.6 is 7.82 Å². The van der Waals surface area contributed by atoms with E-state index < -0.39 is 50.1 Å². The van der Waals surface area contributed by atoms with Crippen molar-refractivity contribution >= 4 is 31.7 Å². The topological polar surface area (TPSA) is 267 Å². The van der Waals surface area contributed by atoms with Crippen molar-refractivity contribution in [3.05, 3.63) is 29.8 Å². The largest absolute Gasteiger partial charge is 0.508 e. The summed E-state index contributed by atoms with van der Waals surface area (Å²) in [6.07, 6.45) is -2.29. The zero-order valence-corrected chi connectivity index (χ0v) is 15.3. The SMILES string of the molecule is O=C(O)CC(O)(CC(=O)O)C(=O)O.O=C(O)Cc1ccc(O)cc1.O=P(O)(O)O. The minimum atomic E-state index is -4.64. The molecule has 0 bridgehead atoms. The fourth-order valence-corrected chi connectivity index (χ4v) is 1.50. The summed E-state index contributed by atoms with van der Waals surface area (Å²) >= 11 is 0. The molecule has 1 aromatic rings. The van der Waals surface area contributed by atoms with Crippen molar-refractivity contribution in [3.8, 4) is 5.75 Å². The molecule has 1 rings (SSSR count). The number of benzene rings is 1. The van der Waals surface area contributed by atoms with Crippen molar-refractivity contribution in [1.82, 2.24) is 0 Å². The molecule has 0 saturated carbocycles. The molecule has 0 spiro atoms. The second-order valence-corrected chi connectivity index (χ2v) is 6.25. The Balaban J connectivity index is 0. The number of hydrogen-bond donors (Lipinski definition) is 9. The molecule has 164 valence electrons. The predicted molar refractivity (Wildman–Crippen MR) is 90.8 cm³/mol. The predicted octanol–water partition coefficient (Wildman–Crippen LogP) is -1.16. The highest BCUT2D eigenvalue weighted by atomic mass is 31.2. The zero-order valence-electron chi connectivity index (χ0n) is 14.4. The average molecular weight is 442 g/mol. The van der Waals surface area contributed by atoms with Crippen LogP contribution in [0, 0.1) is 0 Å². The number of aliphatic hydroxyl groups is 1. The molecule has 0 aromatic heterocycles. The highest BCUT2D eigenvalue weighted by Crippen LogP contribution is 2.25. The lowest BCUT2D eigenvalue weighted by Crippen LogP contribution is -2.42. The van der Waals surface area contributed by atoms with Gasteiger partial charge in [0, 0.05) is 0 Å². The minimum Gasteiger partial charge on any atom is -0.508 e. The Morgan fingerprint density at radius 2 is 1.14 bits per heavy atom. The molecule has 0 aliphatic carbocycles. The van der Waals surface area contributed by atoms with Gasteiger partial charge in [0.05, 0.1) is 19.3 Å². The van der Waals surface area contributed by atoms with Gasteiger partial charge in [0.25, 0.3) is 0 Å². The Kier molecular flexibility index (Phi) is 12.1. The first-order chi connectivity index (χ1) is 13.0. The Hall–Kier alpha value is -3.03.